The minimum absolute atomic E-state index is 0.403. The van der Waals surface area contributed by atoms with Crippen LogP contribution in [0, 0.1) is 5.41 Å². The highest BCUT2D eigenvalue weighted by Crippen LogP contribution is 2.39. The Morgan fingerprint density at radius 1 is 0.656 bits per heavy atom. The van der Waals surface area contributed by atoms with Gasteiger partial charge in [-0.15, -0.1) is 0 Å². The van der Waals surface area contributed by atoms with Gasteiger partial charge in [0.15, 0.2) is 5.41 Å². The van der Waals surface area contributed by atoms with Crippen LogP contribution in [0.4, 0.5) is 26.3 Å². The first-order valence-electron chi connectivity index (χ1n) is 8.47. The maximum atomic E-state index is 13.0. The second kappa shape index (κ2) is 8.62. The van der Waals surface area contributed by atoms with Crippen molar-refractivity contribution in [2.75, 3.05) is 6.54 Å². The number of hydrogen-bond donors (Lipinski definition) is 0. The molecular formula is C15H23F6NO8S2. The Balaban J connectivity index is 7.02. The van der Waals surface area contributed by atoms with Crippen molar-refractivity contribution in [2.24, 2.45) is 5.41 Å². The van der Waals surface area contributed by atoms with Gasteiger partial charge in [-0.1, -0.05) is 3.71 Å². The molecule has 0 N–H and O–H groups in total. The maximum absolute atomic E-state index is 13.0. The number of carbonyl (C=O) groups is 2. The van der Waals surface area contributed by atoms with Gasteiger partial charge in [0.2, 0.25) is 0 Å². The van der Waals surface area contributed by atoms with E-state index in [1.807, 2.05) is 0 Å². The lowest BCUT2D eigenvalue weighted by Gasteiger charge is -2.35. The van der Waals surface area contributed by atoms with E-state index in [0.29, 0.717) is 6.92 Å². The molecule has 0 aliphatic heterocycles. The van der Waals surface area contributed by atoms with E-state index in [2.05, 4.69) is 0 Å². The predicted molar refractivity (Wildman–Crippen MR) is 96.5 cm³/mol. The van der Waals surface area contributed by atoms with Crippen LogP contribution < -0.4 is 0 Å². The average Bonchev–Trinajstić information content (AvgIpc) is 2.45. The Hall–Kier alpha value is -1.62. The van der Waals surface area contributed by atoms with Crippen molar-refractivity contribution in [2.45, 2.75) is 70.7 Å². The molecule has 0 spiro atoms. The van der Waals surface area contributed by atoms with E-state index in [1.54, 1.807) is 0 Å². The Morgan fingerprint density at radius 3 is 1.09 bits per heavy atom. The molecule has 190 valence electrons. The molecule has 0 aliphatic carbocycles. The highest BCUT2D eigenvalue weighted by Gasteiger charge is 2.64. The summed E-state index contributed by atoms with van der Waals surface area (Å²) >= 11 is 0. The predicted octanol–water partition coefficient (Wildman–Crippen LogP) is 2.68. The molecule has 0 heterocycles. The fourth-order valence-electron chi connectivity index (χ4n) is 1.78. The molecule has 0 amide bonds. The summed E-state index contributed by atoms with van der Waals surface area (Å²) < 4.78 is 133. The SMILES string of the molecule is CC(C)(C)OC(=O)C(C)(CN(S(=O)(=O)C(F)(F)F)S(=O)(=O)C(F)(F)F)C(=O)OC(C)(C)C. The highest BCUT2D eigenvalue weighted by atomic mass is 32.3. The van der Waals surface area contributed by atoms with Crippen LogP contribution in [0.2, 0.25) is 0 Å². The monoisotopic (exact) mass is 523 g/mol. The van der Waals surface area contributed by atoms with Gasteiger partial charge in [0, 0.05) is 0 Å². The Morgan fingerprint density at radius 2 is 0.906 bits per heavy atom. The van der Waals surface area contributed by atoms with Crippen molar-refractivity contribution in [3.05, 3.63) is 0 Å². The summed E-state index contributed by atoms with van der Waals surface area (Å²) in [6.45, 7) is 5.29. The third-order valence-corrected chi connectivity index (χ3v) is 6.94. The van der Waals surface area contributed by atoms with Crippen molar-refractivity contribution < 1.29 is 62.2 Å². The fourth-order valence-corrected chi connectivity index (χ4v) is 4.64. The molecule has 17 heteroatoms. The van der Waals surface area contributed by atoms with E-state index in [1.165, 1.54) is 41.5 Å². The first kappa shape index (κ1) is 30.4. The minimum Gasteiger partial charge on any atom is -0.459 e. The summed E-state index contributed by atoms with van der Waals surface area (Å²) in [5, 5.41) is 0. The van der Waals surface area contributed by atoms with Crippen molar-refractivity contribution in [3.8, 4) is 0 Å². The Labute approximate surface area is 181 Å². The summed E-state index contributed by atoms with van der Waals surface area (Å²) in [5.41, 5.74) is -19.2. The summed E-state index contributed by atoms with van der Waals surface area (Å²) in [6, 6.07) is 0. The molecule has 0 radical (unpaired) electrons. The molecule has 9 nitrogen and oxygen atoms in total. The van der Waals surface area contributed by atoms with Crippen LogP contribution in [0.5, 0.6) is 0 Å². The summed E-state index contributed by atoms with van der Waals surface area (Å²) in [6.07, 6.45) is 0. The number of hydrogen-bond acceptors (Lipinski definition) is 8. The van der Waals surface area contributed by atoms with E-state index in [0.717, 1.165) is 0 Å². The molecule has 0 rings (SSSR count). The summed E-state index contributed by atoms with van der Waals surface area (Å²) in [4.78, 5) is 25.2. The number of rotatable bonds is 6. The highest BCUT2D eigenvalue weighted by molar-refractivity contribution is 8.04. The van der Waals surface area contributed by atoms with Crippen LogP contribution >= 0.6 is 0 Å². The zero-order valence-corrected chi connectivity index (χ0v) is 19.6. The molecule has 0 atom stereocenters. The first-order valence-corrected chi connectivity index (χ1v) is 11.3. The van der Waals surface area contributed by atoms with Crippen molar-refractivity contribution >= 4 is 32.0 Å². The smallest absolute Gasteiger partial charge is 0.459 e. The fraction of sp³-hybridized carbons (Fsp3) is 0.867. The molecule has 0 aromatic carbocycles. The number of halogens is 6. The van der Waals surface area contributed by atoms with Crippen molar-refractivity contribution in [3.63, 3.8) is 0 Å². The molecule has 0 bridgehead atoms. The maximum Gasteiger partial charge on any atom is 0.512 e. The number of alkyl halides is 6. The molecule has 0 fully saturated rings. The van der Waals surface area contributed by atoms with Crippen LogP contribution in [-0.2, 0) is 39.1 Å². The Kier molecular flexibility index (Phi) is 8.19. The second-order valence-electron chi connectivity index (χ2n) is 8.67. The largest absolute Gasteiger partial charge is 0.512 e. The van der Waals surface area contributed by atoms with Crippen LogP contribution in [0.25, 0.3) is 0 Å². The molecule has 0 unspecified atom stereocenters. The van der Waals surface area contributed by atoms with Crippen molar-refractivity contribution in [1.29, 1.82) is 0 Å². The average molecular weight is 523 g/mol. The zero-order chi connectivity index (χ0) is 26.4. The second-order valence-corrected chi connectivity index (χ2v) is 12.6. The van der Waals surface area contributed by atoms with Crippen LogP contribution in [0.15, 0.2) is 0 Å². The van der Waals surface area contributed by atoms with Gasteiger partial charge in [0.05, 0.1) is 6.54 Å². The lowest BCUT2D eigenvalue weighted by molar-refractivity contribution is -0.184. The van der Waals surface area contributed by atoms with Gasteiger partial charge >= 0.3 is 43.0 Å². The molecular weight excluding hydrogens is 500 g/mol. The zero-order valence-electron chi connectivity index (χ0n) is 18.0. The van der Waals surface area contributed by atoms with Gasteiger partial charge in [0.25, 0.3) is 0 Å². The lowest BCUT2D eigenvalue weighted by Crippen LogP contribution is -2.57. The van der Waals surface area contributed by atoms with E-state index in [9.17, 15) is 52.8 Å². The lowest BCUT2D eigenvalue weighted by atomic mass is 9.90. The molecule has 0 saturated carbocycles. The third kappa shape index (κ3) is 6.94. The molecule has 0 saturated heterocycles. The van der Waals surface area contributed by atoms with Gasteiger partial charge in [0.1, 0.15) is 11.2 Å². The minimum atomic E-state index is -7.26. The summed E-state index contributed by atoms with van der Waals surface area (Å²) in [5.74, 6) is -3.64. The standard InChI is InChI=1S/C15H23F6NO8S2/c1-11(2,3)29-9(23)13(7,10(24)30-12(4,5)6)8-22(31(25,26)14(16,17)18)32(27,28)15(19,20)21/h8H2,1-7H3. The Bertz CT molecular complexity index is 868. The number of carbonyl (C=O) groups excluding carboxylic acids is 2. The quantitative estimate of drug-likeness (QED) is 0.296. The van der Waals surface area contributed by atoms with Gasteiger partial charge < -0.3 is 9.47 Å². The van der Waals surface area contributed by atoms with Crippen LogP contribution in [-0.4, -0.2) is 61.2 Å². The van der Waals surface area contributed by atoms with Crippen molar-refractivity contribution in [1.82, 2.24) is 3.71 Å². The van der Waals surface area contributed by atoms with E-state index in [4.69, 9.17) is 9.47 Å². The molecule has 0 aliphatic rings. The molecule has 32 heavy (non-hydrogen) atoms. The van der Waals surface area contributed by atoms with E-state index < -0.39 is 69.9 Å². The van der Waals surface area contributed by atoms with Gasteiger partial charge in [-0.05, 0) is 48.5 Å². The number of esters is 2. The first-order chi connectivity index (χ1) is 13.6. The number of ether oxygens (including phenoxy) is 2. The van der Waals surface area contributed by atoms with Gasteiger partial charge in [-0.25, -0.2) is 16.8 Å². The number of nitrogens with zero attached hydrogens (tertiary/aromatic N) is 1. The van der Waals surface area contributed by atoms with Gasteiger partial charge in [-0.3, -0.25) is 9.59 Å². The van der Waals surface area contributed by atoms with Gasteiger partial charge in [-0.2, -0.15) is 26.3 Å². The third-order valence-electron chi connectivity index (χ3n) is 3.27. The number of sulfonamides is 2. The summed E-state index contributed by atoms with van der Waals surface area (Å²) in [7, 11) is -14.5. The topological polar surface area (TPSA) is 124 Å². The van der Waals surface area contributed by atoms with Crippen LogP contribution in [0.1, 0.15) is 48.5 Å². The molecule has 0 aromatic rings. The van der Waals surface area contributed by atoms with E-state index in [-0.39, 0.29) is 0 Å². The molecule has 0 aromatic heterocycles. The van der Waals surface area contributed by atoms with E-state index >= 15 is 0 Å². The normalized spacial score (nSPS) is 14.9. The van der Waals surface area contributed by atoms with Crippen LogP contribution in [0.3, 0.4) is 0 Å².